The van der Waals surface area contributed by atoms with Crippen LogP contribution in [-0.4, -0.2) is 5.78 Å². The molecule has 2 atom stereocenters. The van der Waals surface area contributed by atoms with E-state index in [1.54, 1.807) is 0 Å². The first kappa shape index (κ1) is 9.24. The Kier molecular flexibility index (Phi) is 3.27. The molecule has 0 aromatic heterocycles. The van der Waals surface area contributed by atoms with Crippen molar-refractivity contribution < 1.29 is 4.79 Å². The molecule has 1 fully saturated rings. The van der Waals surface area contributed by atoms with Crippen molar-refractivity contribution in [3.63, 3.8) is 0 Å². The number of rotatable bonds is 4. The van der Waals surface area contributed by atoms with Crippen LogP contribution in [0.15, 0.2) is 25.3 Å². The summed E-state index contributed by atoms with van der Waals surface area (Å²) in [6.45, 7) is 7.35. The predicted octanol–water partition coefficient (Wildman–Crippen LogP) is 2.73. The van der Waals surface area contributed by atoms with Gasteiger partial charge < -0.3 is 0 Å². The first-order valence-corrected chi connectivity index (χ1v) is 4.52. The molecule has 0 aromatic carbocycles. The molecular weight excluding hydrogens is 148 g/mol. The minimum atomic E-state index is 0.257. The average molecular weight is 164 g/mol. The van der Waals surface area contributed by atoms with Crippen LogP contribution < -0.4 is 0 Å². The SMILES string of the molecule is C=CCC1CC(=O)C(CC=C)C1. The minimum absolute atomic E-state index is 0.257. The third kappa shape index (κ3) is 2.07. The molecule has 2 unspecified atom stereocenters. The van der Waals surface area contributed by atoms with Gasteiger partial charge in [0, 0.05) is 12.3 Å². The van der Waals surface area contributed by atoms with Crippen molar-refractivity contribution in [1.29, 1.82) is 0 Å². The lowest BCUT2D eigenvalue weighted by molar-refractivity contribution is -0.120. The Labute approximate surface area is 74.2 Å². The van der Waals surface area contributed by atoms with Crippen LogP contribution in [0.5, 0.6) is 0 Å². The van der Waals surface area contributed by atoms with Crippen molar-refractivity contribution >= 4 is 5.78 Å². The highest BCUT2D eigenvalue weighted by molar-refractivity contribution is 5.83. The predicted molar refractivity (Wildman–Crippen MR) is 50.8 cm³/mol. The number of hydrogen-bond acceptors (Lipinski definition) is 1. The molecule has 12 heavy (non-hydrogen) atoms. The Hall–Kier alpha value is -0.850. The molecule has 0 amide bonds. The largest absolute Gasteiger partial charge is 0.299 e. The normalized spacial score (nSPS) is 28.8. The lowest BCUT2D eigenvalue weighted by Crippen LogP contribution is -2.03. The van der Waals surface area contributed by atoms with E-state index in [0.29, 0.717) is 11.7 Å². The van der Waals surface area contributed by atoms with Gasteiger partial charge in [-0.3, -0.25) is 4.79 Å². The highest BCUT2D eigenvalue weighted by Crippen LogP contribution is 2.32. The van der Waals surface area contributed by atoms with E-state index in [1.165, 1.54) is 0 Å². The van der Waals surface area contributed by atoms with Gasteiger partial charge in [-0.2, -0.15) is 0 Å². The first-order chi connectivity index (χ1) is 5.77. The second-order valence-electron chi connectivity index (χ2n) is 3.52. The summed E-state index contributed by atoms with van der Waals surface area (Å²) >= 11 is 0. The fourth-order valence-corrected chi connectivity index (χ4v) is 1.91. The molecule has 1 aliphatic carbocycles. The highest BCUT2D eigenvalue weighted by atomic mass is 16.1. The van der Waals surface area contributed by atoms with Crippen molar-refractivity contribution in [2.45, 2.75) is 25.7 Å². The van der Waals surface area contributed by atoms with E-state index in [0.717, 1.165) is 25.7 Å². The van der Waals surface area contributed by atoms with Gasteiger partial charge in [0.2, 0.25) is 0 Å². The Bertz CT molecular complexity index is 193. The minimum Gasteiger partial charge on any atom is -0.299 e. The van der Waals surface area contributed by atoms with Crippen LogP contribution in [0.4, 0.5) is 0 Å². The third-order valence-corrected chi connectivity index (χ3v) is 2.51. The van der Waals surface area contributed by atoms with Crippen molar-refractivity contribution in [2.75, 3.05) is 0 Å². The molecular formula is C11H16O. The number of ketones is 1. The van der Waals surface area contributed by atoms with E-state index in [1.807, 2.05) is 12.2 Å². The molecule has 0 heterocycles. The van der Waals surface area contributed by atoms with Gasteiger partial charge in [-0.25, -0.2) is 0 Å². The van der Waals surface area contributed by atoms with Gasteiger partial charge >= 0.3 is 0 Å². The fourth-order valence-electron chi connectivity index (χ4n) is 1.91. The maximum absolute atomic E-state index is 11.4. The summed E-state index contributed by atoms with van der Waals surface area (Å²) in [5, 5.41) is 0. The zero-order valence-corrected chi connectivity index (χ0v) is 7.46. The van der Waals surface area contributed by atoms with Crippen molar-refractivity contribution in [3.8, 4) is 0 Å². The monoisotopic (exact) mass is 164 g/mol. The maximum Gasteiger partial charge on any atom is 0.136 e. The number of allylic oxidation sites excluding steroid dienone is 2. The first-order valence-electron chi connectivity index (χ1n) is 4.52. The van der Waals surface area contributed by atoms with E-state index >= 15 is 0 Å². The van der Waals surface area contributed by atoms with Crippen molar-refractivity contribution in [1.82, 2.24) is 0 Å². The van der Waals surface area contributed by atoms with Gasteiger partial charge in [0.25, 0.3) is 0 Å². The lowest BCUT2D eigenvalue weighted by atomic mass is 9.99. The Morgan fingerprint density at radius 1 is 1.33 bits per heavy atom. The molecule has 0 saturated heterocycles. The van der Waals surface area contributed by atoms with Crippen LogP contribution in [0, 0.1) is 11.8 Å². The number of carbonyl (C=O) groups is 1. The number of Topliss-reactive ketones (excluding diaryl/α,β-unsaturated/α-hetero) is 1. The van der Waals surface area contributed by atoms with Gasteiger partial charge in [-0.05, 0) is 25.2 Å². The fraction of sp³-hybridized carbons (Fsp3) is 0.545. The zero-order valence-electron chi connectivity index (χ0n) is 7.46. The van der Waals surface area contributed by atoms with E-state index < -0.39 is 0 Å². The van der Waals surface area contributed by atoms with Crippen LogP contribution in [0.3, 0.4) is 0 Å². The van der Waals surface area contributed by atoms with Crippen LogP contribution in [0.2, 0.25) is 0 Å². The summed E-state index contributed by atoms with van der Waals surface area (Å²) in [5.74, 6) is 1.23. The molecule has 1 nitrogen and oxygen atoms in total. The standard InChI is InChI=1S/C11H16O/c1-3-5-9-7-10(6-4-2)11(12)8-9/h3-4,9-10H,1-2,5-8H2. The molecule has 0 radical (unpaired) electrons. The molecule has 1 rings (SSSR count). The summed E-state index contributed by atoms with van der Waals surface area (Å²) < 4.78 is 0. The van der Waals surface area contributed by atoms with Crippen molar-refractivity contribution in [2.24, 2.45) is 11.8 Å². The molecule has 0 aromatic rings. The van der Waals surface area contributed by atoms with Gasteiger partial charge in [0.05, 0.1) is 0 Å². The summed E-state index contributed by atoms with van der Waals surface area (Å²) in [4.78, 5) is 11.4. The Morgan fingerprint density at radius 2 is 2.00 bits per heavy atom. The second kappa shape index (κ2) is 4.24. The summed E-state index contributed by atoms with van der Waals surface area (Å²) in [6.07, 6.45) is 7.39. The Morgan fingerprint density at radius 3 is 2.58 bits per heavy atom. The van der Waals surface area contributed by atoms with Gasteiger partial charge in [0.15, 0.2) is 0 Å². The molecule has 0 bridgehead atoms. The maximum atomic E-state index is 11.4. The summed E-state index contributed by atoms with van der Waals surface area (Å²) in [7, 11) is 0. The lowest BCUT2D eigenvalue weighted by Gasteiger charge is -2.04. The molecule has 0 N–H and O–H groups in total. The van der Waals surface area contributed by atoms with Gasteiger partial charge in [-0.15, -0.1) is 13.2 Å². The number of hydrogen-bond donors (Lipinski definition) is 0. The van der Waals surface area contributed by atoms with Crippen LogP contribution in [0.1, 0.15) is 25.7 Å². The second-order valence-corrected chi connectivity index (χ2v) is 3.52. The van der Waals surface area contributed by atoms with Crippen LogP contribution in [0.25, 0.3) is 0 Å². The molecule has 0 aliphatic heterocycles. The van der Waals surface area contributed by atoms with Gasteiger partial charge in [-0.1, -0.05) is 12.2 Å². The third-order valence-electron chi connectivity index (χ3n) is 2.51. The van der Waals surface area contributed by atoms with E-state index in [9.17, 15) is 4.79 Å². The zero-order chi connectivity index (χ0) is 8.97. The molecule has 66 valence electrons. The summed E-state index contributed by atoms with van der Waals surface area (Å²) in [5.41, 5.74) is 0. The van der Waals surface area contributed by atoms with E-state index in [2.05, 4.69) is 13.2 Å². The molecule has 1 heteroatoms. The highest BCUT2D eigenvalue weighted by Gasteiger charge is 2.30. The molecule has 1 saturated carbocycles. The summed E-state index contributed by atoms with van der Waals surface area (Å²) in [6, 6.07) is 0. The topological polar surface area (TPSA) is 17.1 Å². The van der Waals surface area contributed by atoms with Crippen molar-refractivity contribution in [3.05, 3.63) is 25.3 Å². The molecule has 0 spiro atoms. The molecule has 1 aliphatic rings. The smallest absolute Gasteiger partial charge is 0.136 e. The van der Waals surface area contributed by atoms with Crippen LogP contribution >= 0.6 is 0 Å². The number of carbonyl (C=O) groups excluding carboxylic acids is 1. The van der Waals surface area contributed by atoms with Gasteiger partial charge in [0.1, 0.15) is 5.78 Å². The average Bonchev–Trinajstić information content (AvgIpc) is 2.34. The van der Waals surface area contributed by atoms with E-state index in [4.69, 9.17) is 0 Å². The van der Waals surface area contributed by atoms with E-state index in [-0.39, 0.29) is 5.92 Å². The quantitative estimate of drug-likeness (QED) is 0.584. The Balaban J connectivity index is 2.43. The van der Waals surface area contributed by atoms with Crippen LogP contribution in [-0.2, 0) is 4.79 Å².